The molecule has 1 amide bonds. The Morgan fingerprint density at radius 1 is 1.19 bits per heavy atom. The number of nitrogens with zero attached hydrogens (tertiary/aromatic N) is 2. The van der Waals surface area contributed by atoms with Crippen LogP contribution in [0.5, 0.6) is 0 Å². The monoisotopic (exact) mass is 472 g/mol. The van der Waals surface area contributed by atoms with Crippen LogP contribution in [0.1, 0.15) is 62.6 Å². The molecule has 0 aromatic heterocycles. The third-order valence-corrected chi connectivity index (χ3v) is 7.64. The number of carbonyl (C=O) groups excluding carboxylic acids is 1. The van der Waals surface area contributed by atoms with Crippen LogP contribution < -0.4 is 0 Å². The number of likely N-dealkylation sites (tertiary alicyclic amines) is 1. The van der Waals surface area contributed by atoms with Gasteiger partial charge in [-0.25, -0.2) is 22.0 Å². The number of benzene rings is 1. The number of amides is 1. The van der Waals surface area contributed by atoms with E-state index in [1.165, 1.54) is 16.6 Å². The molecule has 0 aliphatic carbocycles. The van der Waals surface area contributed by atoms with Gasteiger partial charge in [-0.3, -0.25) is 0 Å². The fraction of sp³-hybridized carbons (Fsp3) is 0.696. The molecule has 2 aliphatic heterocycles. The summed E-state index contributed by atoms with van der Waals surface area (Å²) >= 11 is 0. The molecule has 2 aliphatic rings. The summed E-state index contributed by atoms with van der Waals surface area (Å²) < 4.78 is 59.8. The van der Waals surface area contributed by atoms with Gasteiger partial charge in [0.15, 0.2) is 0 Å². The van der Waals surface area contributed by atoms with Gasteiger partial charge in [-0.2, -0.15) is 4.31 Å². The molecule has 6 nitrogen and oxygen atoms in total. The van der Waals surface area contributed by atoms with Gasteiger partial charge in [0, 0.05) is 38.2 Å². The number of alkyl halides is 2. The summed E-state index contributed by atoms with van der Waals surface area (Å²) in [4.78, 5) is 13.7. The van der Waals surface area contributed by atoms with Gasteiger partial charge in [0.2, 0.25) is 10.0 Å². The van der Waals surface area contributed by atoms with Crippen LogP contribution in [0.4, 0.5) is 13.6 Å². The van der Waals surface area contributed by atoms with Gasteiger partial charge in [-0.1, -0.05) is 18.6 Å². The van der Waals surface area contributed by atoms with Gasteiger partial charge in [0.25, 0.3) is 5.92 Å². The average Bonchev–Trinajstić information content (AvgIpc) is 2.72. The van der Waals surface area contributed by atoms with Gasteiger partial charge in [0.05, 0.1) is 12.4 Å². The molecule has 0 atom stereocenters. The molecule has 1 aromatic carbocycles. The number of ether oxygens (including phenoxy) is 1. The minimum Gasteiger partial charge on any atom is -0.447 e. The number of sulfonamides is 1. The lowest BCUT2D eigenvalue weighted by atomic mass is 9.89. The quantitative estimate of drug-likeness (QED) is 0.585. The number of hydrogen-bond acceptors (Lipinski definition) is 4. The highest BCUT2D eigenvalue weighted by molar-refractivity contribution is 7.88. The van der Waals surface area contributed by atoms with E-state index in [0.717, 1.165) is 30.4 Å². The van der Waals surface area contributed by atoms with Crippen molar-refractivity contribution in [2.75, 3.05) is 25.9 Å². The second-order valence-corrected chi connectivity index (χ2v) is 11.3. The molecule has 2 heterocycles. The summed E-state index contributed by atoms with van der Waals surface area (Å²) in [5.41, 5.74) is 1.61. The lowest BCUT2D eigenvalue weighted by Gasteiger charge is -2.32. The molecule has 1 fully saturated rings. The van der Waals surface area contributed by atoms with Crippen LogP contribution in [0.2, 0.25) is 0 Å². The predicted octanol–water partition coefficient (Wildman–Crippen LogP) is 4.52. The summed E-state index contributed by atoms with van der Waals surface area (Å²) in [6.07, 6.45) is 3.73. The van der Waals surface area contributed by atoms with Crippen molar-refractivity contribution in [2.45, 2.75) is 70.9 Å². The van der Waals surface area contributed by atoms with E-state index < -0.39 is 15.9 Å². The molecule has 3 rings (SSSR count). The predicted molar refractivity (Wildman–Crippen MR) is 119 cm³/mol. The maximum atomic E-state index is 14.9. The van der Waals surface area contributed by atoms with Crippen LogP contribution >= 0.6 is 0 Å². The van der Waals surface area contributed by atoms with E-state index in [2.05, 4.69) is 0 Å². The van der Waals surface area contributed by atoms with Crippen LogP contribution in [0.3, 0.4) is 0 Å². The number of piperidine rings is 1. The molecule has 0 bridgehead atoms. The molecule has 9 heteroatoms. The first-order valence-corrected chi connectivity index (χ1v) is 13.2. The van der Waals surface area contributed by atoms with E-state index in [-0.39, 0.29) is 30.7 Å². The standard InChI is InChI=1S/C23H34F2N2O4S/c1-17(2)31-22(28)26-12-8-18(9-13-26)5-4-11-23(24,25)21-7-6-20-16-27(32(3,29)30)14-10-19(20)15-21/h6-7,15,17-18H,4-5,8-14,16H2,1-3H3. The average molecular weight is 473 g/mol. The molecule has 1 saturated heterocycles. The van der Waals surface area contributed by atoms with Crippen molar-refractivity contribution in [1.82, 2.24) is 9.21 Å². The van der Waals surface area contributed by atoms with E-state index >= 15 is 0 Å². The fourth-order valence-electron chi connectivity index (χ4n) is 4.48. The van der Waals surface area contributed by atoms with Gasteiger partial charge in [-0.05, 0) is 62.6 Å². The fourth-order valence-corrected chi connectivity index (χ4v) is 5.27. The highest BCUT2D eigenvalue weighted by atomic mass is 32.2. The van der Waals surface area contributed by atoms with Crippen molar-refractivity contribution in [3.05, 3.63) is 34.9 Å². The smallest absolute Gasteiger partial charge is 0.410 e. The third-order valence-electron chi connectivity index (χ3n) is 6.39. The highest BCUT2D eigenvalue weighted by Gasteiger charge is 2.33. The third kappa shape index (κ3) is 6.41. The Kier molecular flexibility index (Phi) is 7.81. The molecule has 180 valence electrons. The SMILES string of the molecule is CC(C)OC(=O)N1CCC(CCCC(F)(F)c2ccc3c(c2)CCN(S(C)(=O)=O)C3)CC1. The molecular formula is C23H34F2N2O4S. The Morgan fingerprint density at radius 2 is 1.88 bits per heavy atom. The Bertz CT molecular complexity index is 913. The Hall–Kier alpha value is -1.74. The highest BCUT2D eigenvalue weighted by Crippen LogP contribution is 2.36. The number of rotatable bonds is 7. The zero-order valence-corrected chi connectivity index (χ0v) is 20.0. The zero-order valence-electron chi connectivity index (χ0n) is 19.1. The van der Waals surface area contributed by atoms with Crippen LogP contribution in [-0.4, -0.2) is 55.7 Å². The molecule has 32 heavy (non-hydrogen) atoms. The summed E-state index contributed by atoms with van der Waals surface area (Å²) in [7, 11) is -3.29. The van der Waals surface area contributed by atoms with Crippen molar-refractivity contribution in [3.63, 3.8) is 0 Å². The van der Waals surface area contributed by atoms with Crippen molar-refractivity contribution >= 4 is 16.1 Å². The zero-order chi connectivity index (χ0) is 23.5. The Morgan fingerprint density at radius 3 is 2.50 bits per heavy atom. The molecule has 0 unspecified atom stereocenters. The van der Waals surface area contributed by atoms with Crippen molar-refractivity contribution in [3.8, 4) is 0 Å². The van der Waals surface area contributed by atoms with Crippen molar-refractivity contribution in [1.29, 1.82) is 0 Å². The Balaban J connectivity index is 1.49. The van der Waals surface area contributed by atoms with Gasteiger partial charge in [-0.15, -0.1) is 0 Å². The van der Waals surface area contributed by atoms with Crippen molar-refractivity contribution < 1.29 is 26.7 Å². The van der Waals surface area contributed by atoms with Gasteiger partial charge < -0.3 is 9.64 Å². The number of halogens is 2. The van der Waals surface area contributed by atoms with E-state index in [1.807, 2.05) is 13.8 Å². The summed E-state index contributed by atoms with van der Waals surface area (Å²) in [5.74, 6) is -2.57. The first-order chi connectivity index (χ1) is 15.0. The molecule has 0 spiro atoms. The number of carbonyl (C=O) groups is 1. The van der Waals surface area contributed by atoms with Crippen LogP contribution in [0, 0.1) is 5.92 Å². The lowest BCUT2D eigenvalue weighted by molar-refractivity contribution is -0.0173. The van der Waals surface area contributed by atoms with Crippen LogP contribution in [-0.2, 0) is 33.6 Å². The van der Waals surface area contributed by atoms with E-state index in [9.17, 15) is 22.0 Å². The lowest BCUT2D eigenvalue weighted by Crippen LogP contribution is -2.39. The second-order valence-electron chi connectivity index (χ2n) is 9.29. The van der Waals surface area contributed by atoms with E-state index in [1.54, 1.807) is 17.0 Å². The second kappa shape index (κ2) is 10.0. The summed E-state index contributed by atoms with van der Waals surface area (Å²) in [6.45, 7) is 5.42. The topological polar surface area (TPSA) is 66.9 Å². The number of hydrogen-bond donors (Lipinski definition) is 0. The van der Waals surface area contributed by atoms with E-state index in [0.29, 0.717) is 38.4 Å². The minimum absolute atomic E-state index is 0.00954. The van der Waals surface area contributed by atoms with Gasteiger partial charge in [0.1, 0.15) is 0 Å². The maximum absolute atomic E-state index is 14.9. The molecule has 1 aromatic rings. The van der Waals surface area contributed by atoms with Gasteiger partial charge >= 0.3 is 6.09 Å². The van der Waals surface area contributed by atoms with E-state index in [4.69, 9.17) is 4.74 Å². The maximum Gasteiger partial charge on any atom is 0.410 e. The van der Waals surface area contributed by atoms with Crippen LogP contribution in [0.25, 0.3) is 0 Å². The molecule has 0 N–H and O–H groups in total. The van der Waals surface area contributed by atoms with Crippen LogP contribution in [0.15, 0.2) is 18.2 Å². The normalized spacial score (nSPS) is 18.6. The Labute approximate surface area is 190 Å². The minimum atomic E-state index is -3.29. The molecular weight excluding hydrogens is 438 g/mol. The molecule has 0 saturated carbocycles. The number of fused-ring (bicyclic) bond motifs is 1. The largest absolute Gasteiger partial charge is 0.447 e. The van der Waals surface area contributed by atoms with Crippen molar-refractivity contribution in [2.24, 2.45) is 5.92 Å². The molecule has 0 radical (unpaired) electrons. The first-order valence-electron chi connectivity index (χ1n) is 11.4. The summed E-state index contributed by atoms with van der Waals surface area (Å²) in [6, 6.07) is 4.62. The summed E-state index contributed by atoms with van der Waals surface area (Å²) in [5, 5.41) is 0. The first kappa shape index (κ1) is 24.9.